The molecule has 2 heterocycles. The van der Waals surface area contributed by atoms with Gasteiger partial charge in [0.2, 0.25) is 0 Å². The van der Waals surface area contributed by atoms with Gasteiger partial charge in [0, 0.05) is 25.3 Å². The molecule has 0 saturated carbocycles. The van der Waals surface area contributed by atoms with Crippen molar-refractivity contribution < 1.29 is 0 Å². The van der Waals surface area contributed by atoms with Gasteiger partial charge in [-0.05, 0) is 25.0 Å². The van der Waals surface area contributed by atoms with Crippen molar-refractivity contribution in [3.05, 3.63) is 32.2 Å². The standard InChI is InChI=1S/C10H13ClN2O.ClH/c1-5-8-6(2)12-4-7(8)13(3)10(14)9(5)11;/h6,12H,4H2,1-3H3;1H/t6-;/m1./s1. The molecule has 1 aromatic heterocycles. The molecule has 0 aromatic carbocycles. The first-order chi connectivity index (χ1) is 6.54. The molecule has 0 fully saturated rings. The lowest BCUT2D eigenvalue weighted by atomic mass is 10.0. The molecule has 0 aliphatic carbocycles. The van der Waals surface area contributed by atoms with Crippen molar-refractivity contribution >= 4 is 24.0 Å². The molecule has 1 aliphatic rings. The zero-order valence-electron chi connectivity index (χ0n) is 8.93. The molecule has 0 saturated heterocycles. The van der Waals surface area contributed by atoms with Crippen molar-refractivity contribution in [3.8, 4) is 0 Å². The molecule has 1 aromatic rings. The van der Waals surface area contributed by atoms with Crippen LogP contribution in [0, 0.1) is 6.92 Å². The fraction of sp³-hybridized carbons (Fsp3) is 0.500. The second-order valence-electron chi connectivity index (χ2n) is 3.77. The third kappa shape index (κ3) is 1.69. The maximum absolute atomic E-state index is 11.7. The monoisotopic (exact) mass is 248 g/mol. The molecule has 15 heavy (non-hydrogen) atoms. The van der Waals surface area contributed by atoms with Crippen LogP contribution in [0.25, 0.3) is 0 Å². The van der Waals surface area contributed by atoms with Crippen LogP contribution < -0.4 is 10.9 Å². The Morgan fingerprint density at radius 1 is 1.53 bits per heavy atom. The number of halogens is 2. The summed E-state index contributed by atoms with van der Waals surface area (Å²) in [5, 5.41) is 3.65. The number of nitrogens with one attached hydrogen (secondary N) is 1. The van der Waals surface area contributed by atoms with Crippen LogP contribution >= 0.6 is 24.0 Å². The number of rotatable bonds is 0. The molecule has 3 nitrogen and oxygen atoms in total. The van der Waals surface area contributed by atoms with E-state index in [0.29, 0.717) is 5.02 Å². The highest BCUT2D eigenvalue weighted by atomic mass is 35.5. The number of nitrogens with zero attached hydrogens (tertiary/aromatic N) is 1. The Morgan fingerprint density at radius 3 is 2.73 bits per heavy atom. The Hall–Kier alpha value is -0.510. The van der Waals surface area contributed by atoms with Crippen LogP contribution in [-0.4, -0.2) is 4.57 Å². The van der Waals surface area contributed by atoms with Gasteiger partial charge in [0.1, 0.15) is 5.02 Å². The van der Waals surface area contributed by atoms with Gasteiger partial charge in [-0.25, -0.2) is 0 Å². The highest BCUT2D eigenvalue weighted by molar-refractivity contribution is 6.31. The van der Waals surface area contributed by atoms with Crippen molar-refractivity contribution in [3.63, 3.8) is 0 Å². The lowest BCUT2D eigenvalue weighted by Crippen LogP contribution is -2.22. The lowest BCUT2D eigenvalue weighted by Gasteiger charge is -2.12. The number of hydrogen-bond acceptors (Lipinski definition) is 2. The molecule has 2 rings (SSSR count). The maximum Gasteiger partial charge on any atom is 0.269 e. The van der Waals surface area contributed by atoms with Crippen LogP contribution in [0.2, 0.25) is 5.02 Å². The summed E-state index contributed by atoms with van der Waals surface area (Å²) < 4.78 is 1.64. The molecule has 1 aliphatic heterocycles. The summed E-state index contributed by atoms with van der Waals surface area (Å²) in [6.45, 7) is 4.74. The first-order valence-corrected chi connectivity index (χ1v) is 5.03. The number of pyridine rings is 1. The topological polar surface area (TPSA) is 34.0 Å². The Labute approximate surface area is 99.8 Å². The van der Waals surface area contributed by atoms with Crippen LogP contribution in [0.15, 0.2) is 4.79 Å². The van der Waals surface area contributed by atoms with Gasteiger partial charge in [-0.2, -0.15) is 0 Å². The predicted octanol–water partition coefficient (Wildman–Crippen LogP) is 1.93. The summed E-state index contributed by atoms with van der Waals surface area (Å²) in [5.41, 5.74) is 3.06. The lowest BCUT2D eigenvalue weighted by molar-refractivity contribution is 0.625. The van der Waals surface area contributed by atoms with E-state index in [9.17, 15) is 4.79 Å². The van der Waals surface area contributed by atoms with Gasteiger partial charge in [0.05, 0.1) is 0 Å². The second kappa shape index (κ2) is 4.16. The van der Waals surface area contributed by atoms with Crippen molar-refractivity contribution in [2.24, 2.45) is 7.05 Å². The smallest absolute Gasteiger partial charge is 0.269 e. The van der Waals surface area contributed by atoms with E-state index in [4.69, 9.17) is 11.6 Å². The Kier molecular flexibility index (Phi) is 3.48. The van der Waals surface area contributed by atoms with Crippen molar-refractivity contribution in [2.45, 2.75) is 26.4 Å². The number of fused-ring (bicyclic) bond motifs is 1. The molecule has 84 valence electrons. The molecule has 0 radical (unpaired) electrons. The molecule has 0 amide bonds. The summed E-state index contributed by atoms with van der Waals surface area (Å²) in [6, 6.07) is 0.286. The molecule has 0 bridgehead atoms. The summed E-state index contributed by atoms with van der Waals surface area (Å²) in [4.78, 5) is 11.7. The van der Waals surface area contributed by atoms with E-state index in [1.165, 1.54) is 5.56 Å². The SMILES string of the molecule is Cc1c2c(n(C)c(=O)c1Cl)CN[C@@H]2C.Cl. The summed E-state index contributed by atoms with van der Waals surface area (Å²) >= 11 is 5.97. The number of hydrogen-bond donors (Lipinski definition) is 1. The Balaban J connectivity index is 0.00000112. The van der Waals surface area contributed by atoms with Gasteiger partial charge < -0.3 is 9.88 Å². The normalized spacial score (nSPS) is 18.5. The second-order valence-corrected chi connectivity index (χ2v) is 4.14. The average molecular weight is 249 g/mol. The Morgan fingerprint density at radius 2 is 2.13 bits per heavy atom. The third-order valence-electron chi connectivity index (χ3n) is 2.95. The minimum Gasteiger partial charge on any atom is -0.313 e. The quantitative estimate of drug-likeness (QED) is 0.762. The van der Waals surface area contributed by atoms with Crippen molar-refractivity contribution in [2.75, 3.05) is 0 Å². The van der Waals surface area contributed by atoms with E-state index < -0.39 is 0 Å². The van der Waals surface area contributed by atoms with Crippen LogP contribution in [0.3, 0.4) is 0 Å². The molecular formula is C10H14Cl2N2O. The number of aromatic nitrogens is 1. The Bertz CT molecular complexity index is 454. The van der Waals surface area contributed by atoms with Gasteiger partial charge in [0.25, 0.3) is 5.56 Å². The van der Waals surface area contributed by atoms with E-state index in [2.05, 4.69) is 12.2 Å². The highest BCUT2D eigenvalue weighted by Gasteiger charge is 2.25. The van der Waals surface area contributed by atoms with Gasteiger partial charge in [0.15, 0.2) is 0 Å². The van der Waals surface area contributed by atoms with Gasteiger partial charge in [-0.3, -0.25) is 4.79 Å². The minimum absolute atomic E-state index is 0. The van der Waals surface area contributed by atoms with Crippen molar-refractivity contribution in [1.29, 1.82) is 0 Å². The molecular weight excluding hydrogens is 235 g/mol. The third-order valence-corrected chi connectivity index (χ3v) is 3.40. The van der Waals surface area contributed by atoms with E-state index >= 15 is 0 Å². The van der Waals surface area contributed by atoms with Crippen LogP contribution in [0.5, 0.6) is 0 Å². The van der Waals surface area contributed by atoms with Crippen LogP contribution in [0.1, 0.15) is 29.8 Å². The molecule has 1 atom stereocenters. The zero-order chi connectivity index (χ0) is 10.5. The average Bonchev–Trinajstić information content (AvgIpc) is 2.54. The predicted molar refractivity (Wildman–Crippen MR) is 63.9 cm³/mol. The fourth-order valence-corrected chi connectivity index (χ4v) is 2.31. The summed E-state index contributed by atoms with van der Waals surface area (Å²) in [5.74, 6) is 0. The molecule has 0 spiro atoms. The largest absolute Gasteiger partial charge is 0.313 e. The summed E-state index contributed by atoms with van der Waals surface area (Å²) in [7, 11) is 1.77. The molecule has 1 N–H and O–H groups in total. The van der Waals surface area contributed by atoms with Gasteiger partial charge >= 0.3 is 0 Å². The van der Waals surface area contributed by atoms with E-state index in [-0.39, 0.29) is 24.0 Å². The highest BCUT2D eigenvalue weighted by Crippen LogP contribution is 2.29. The molecule has 0 unspecified atom stereocenters. The molecule has 5 heteroatoms. The van der Waals surface area contributed by atoms with Gasteiger partial charge in [-0.1, -0.05) is 11.6 Å². The first kappa shape index (κ1) is 12.6. The minimum atomic E-state index is -0.0983. The first-order valence-electron chi connectivity index (χ1n) is 4.65. The fourth-order valence-electron chi connectivity index (χ4n) is 2.09. The van der Waals surface area contributed by atoms with Crippen molar-refractivity contribution in [1.82, 2.24) is 9.88 Å². The van der Waals surface area contributed by atoms with Crippen LogP contribution in [0.4, 0.5) is 0 Å². The summed E-state index contributed by atoms with van der Waals surface area (Å²) in [6.07, 6.45) is 0. The van der Waals surface area contributed by atoms with E-state index in [1.807, 2.05) is 6.92 Å². The van der Waals surface area contributed by atoms with Crippen LogP contribution in [-0.2, 0) is 13.6 Å². The van der Waals surface area contributed by atoms with Gasteiger partial charge in [-0.15, -0.1) is 12.4 Å². The van der Waals surface area contributed by atoms with E-state index in [0.717, 1.165) is 17.8 Å². The maximum atomic E-state index is 11.7. The van der Waals surface area contributed by atoms with E-state index in [1.54, 1.807) is 11.6 Å². The zero-order valence-corrected chi connectivity index (χ0v) is 10.5.